The molecule has 1 unspecified atom stereocenters. The molecular weight excluding hydrogens is 481 g/mol. The Kier molecular flexibility index (Phi) is 9.22. The van der Waals surface area contributed by atoms with Gasteiger partial charge in [0.2, 0.25) is 0 Å². The van der Waals surface area contributed by atoms with Crippen LogP contribution in [0.4, 0.5) is 0 Å². The van der Waals surface area contributed by atoms with Crippen LogP contribution in [0.2, 0.25) is 0 Å². The zero-order valence-corrected chi connectivity index (χ0v) is 20.1. The first-order valence-corrected chi connectivity index (χ1v) is 9.83. The van der Waals surface area contributed by atoms with Gasteiger partial charge in [-0.25, -0.2) is 0 Å². The summed E-state index contributed by atoms with van der Waals surface area (Å²) in [5, 5.41) is 7.70. The number of rotatable bonds is 6. The minimum atomic E-state index is 0. The van der Waals surface area contributed by atoms with E-state index in [-0.39, 0.29) is 30.1 Å². The van der Waals surface area contributed by atoms with Crippen LogP contribution in [0, 0.1) is 13.8 Å². The van der Waals surface area contributed by atoms with E-state index < -0.39 is 0 Å². The highest BCUT2D eigenvalue weighted by Gasteiger charge is 2.25. The Morgan fingerprint density at radius 1 is 1.34 bits per heavy atom. The Balaban J connectivity index is 0.00000300. The summed E-state index contributed by atoms with van der Waals surface area (Å²) < 4.78 is 13.7. The summed E-state index contributed by atoms with van der Waals surface area (Å²) >= 11 is 0. The minimum absolute atomic E-state index is 0. The number of nitrogens with one attached hydrogen (secondary N) is 1. The molecule has 1 aliphatic heterocycles. The van der Waals surface area contributed by atoms with Crippen molar-refractivity contribution < 1.29 is 9.47 Å². The van der Waals surface area contributed by atoms with Crippen molar-refractivity contribution in [1.82, 2.24) is 20.0 Å². The van der Waals surface area contributed by atoms with E-state index >= 15 is 0 Å². The predicted molar refractivity (Wildman–Crippen MR) is 126 cm³/mol. The van der Waals surface area contributed by atoms with Crippen molar-refractivity contribution >= 4 is 29.9 Å². The lowest BCUT2D eigenvalue weighted by atomic mass is 10.1. The van der Waals surface area contributed by atoms with E-state index in [0.29, 0.717) is 13.2 Å². The molecule has 8 heteroatoms. The van der Waals surface area contributed by atoms with Gasteiger partial charge in [0.1, 0.15) is 11.9 Å². The lowest BCUT2D eigenvalue weighted by Crippen LogP contribution is -2.48. The summed E-state index contributed by atoms with van der Waals surface area (Å²) in [5.74, 6) is 1.91. The summed E-state index contributed by atoms with van der Waals surface area (Å²) in [4.78, 5) is 6.69. The second-order valence-corrected chi connectivity index (χ2v) is 7.15. The lowest BCUT2D eigenvalue weighted by Gasteiger charge is -2.34. The number of halogens is 1. The Hall–Kier alpha value is -1.81. The molecule has 160 valence electrons. The highest BCUT2D eigenvalue weighted by atomic mass is 127. The largest absolute Gasteiger partial charge is 0.493 e. The van der Waals surface area contributed by atoms with Gasteiger partial charge in [0.15, 0.2) is 5.96 Å². The van der Waals surface area contributed by atoms with Gasteiger partial charge in [-0.3, -0.25) is 9.67 Å². The van der Waals surface area contributed by atoms with Crippen LogP contribution in [-0.4, -0.2) is 60.5 Å². The number of aryl methyl sites for hydroxylation is 3. The van der Waals surface area contributed by atoms with Gasteiger partial charge in [-0.15, -0.1) is 24.0 Å². The number of nitrogens with zero attached hydrogens (tertiary/aromatic N) is 4. The van der Waals surface area contributed by atoms with E-state index in [2.05, 4.69) is 52.4 Å². The Labute approximate surface area is 190 Å². The molecule has 1 saturated heterocycles. The molecule has 1 N–H and O–H groups in total. The third kappa shape index (κ3) is 6.33. The number of morpholine rings is 1. The van der Waals surface area contributed by atoms with Gasteiger partial charge in [0.25, 0.3) is 0 Å². The number of guanidine groups is 1. The van der Waals surface area contributed by atoms with Crippen LogP contribution in [0.3, 0.4) is 0 Å². The smallest absolute Gasteiger partial charge is 0.193 e. The SMILES string of the molecule is CN=C(NCCCOc1c(C)cccc1C)N1CCOC(c2cnn(C)c2)C1.I. The molecule has 2 heterocycles. The summed E-state index contributed by atoms with van der Waals surface area (Å²) in [5.41, 5.74) is 3.46. The second kappa shape index (κ2) is 11.4. The summed E-state index contributed by atoms with van der Waals surface area (Å²) in [7, 11) is 3.75. The average Bonchev–Trinajstić information content (AvgIpc) is 3.13. The number of benzene rings is 1. The second-order valence-electron chi connectivity index (χ2n) is 7.15. The molecule has 1 aromatic carbocycles. The van der Waals surface area contributed by atoms with Crippen LogP contribution in [-0.2, 0) is 11.8 Å². The normalized spacial score (nSPS) is 17.0. The Morgan fingerprint density at radius 2 is 2.10 bits per heavy atom. The molecule has 7 nitrogen and oxygen atoms in total. The molecule has 0 radical (unpaired) electrons. The summed E-state index contributed by atoms with van der Waals surface area (Å²) in [6, 6.07) is 6.23. The molecule has 1 atom stereocenters. The van der Waals surface area contributed by atoms with Gasteiger partial charge in [-0.1, -0.05) is 18.2 Å². The van der Waals surface area contributed by atoms with E-state index in [0.717, 1.165) is 43.3 Å². The molecule has 1 aromatic heterocycles. The van der Waals surface area contributed by atoms with Crippen LogP contribution in [0.1, 0.15) is 29.2 Å². The van der Waals surface area contributed by atoms with Crippen LogP contribution >= 0.6 is 24.0 Å². The van der Waals surface area contributed by atoms with Gasteiger partial charge in [0, 0.05) is 38.9 Å². The van der Waals surface area contributed by atoms with Crippen molar-refractivity contribution in [3.8, 4) is 5.75 Å². The van der Waals surface area contributed by atoms with E-state index in [1.54, 1.807) is 4.68 Å². The number of hydrogen-bond donors (Lipinski definition) is 1. The standard InChI is InChI=1S/C21H31N5O2.HI/c1-16-7-5-8-17(2)20(16)28-11-6-9-23-21(22-3)26-10-12-27-19(15-26)18-13-24-25(4)14-18;/h5,7-8,13-14,19H,6,9-12,15H2,1-4H3,(H,22,23);1H. The van der Waals surface area contributed by atoms with Gasteiger partial charge in [-0.05, 0) is 31.4 Å². The molecule has 29 heavy (non-hydrogen) atoms. The molecule has 0 aliphatic carbocycles. The van der Waals surface area contributed by atoms with Crippen molar-refractivity contribution in [3.05, 3.63) is 47.3 Å². The van der Waals surface area contributed by atoms with Gasteiger partial charge in [0.05, 0.1) is 26.0 Å². The van der Waals surface area contributed by atoms with E-state index in [4.69, 9.17) is 9.47 Å². The van der Waals surface area contributed by atoms with Gasteiger partial charge < -0.3 is 19.7 Å². The number of hydrogen-bond acceptors (Lipinski definition) is 4. The Morgan fingerprint density at radius 3 is 2.76 bits per heavy atom. The molecule has 1 fully saturated rings. The monoisotopic (exact) mass is 513 g/mol. The number of aromatic nitrogens is 2. The van der Waals surface area contributed by atoms with Gasteiger partial charge >= 0.3 is 0 Å². The molecule has 1 aliphatic rings. The van der Waals surface area contributed by atoms with Gasteiger partial charge in [-0.2, -0.15) is 5.10 Å². The highest BCUT2D eigenvalue weighted by molar-refractivity contribution is 14.0. The summed E-state index contributed by atoms with van der Waals surface area (Å²) in [6.07, 6.45) is 4.81. The topological polar surface area (TPSA) is 63.9 Å². The van der Waals surface area contributed by atoms with Crippen LogP contribution in [0.15, 0.2) is 35.6 Å². The molecule has 0 spiro atoms. The average molecular weight is 513 g/mol. The van der Waals surface area contributed by atoms with Crippen molar-refractivity contribution in [1.29, 1.82) is 0 Å². The number of para-hydroxylation sites is 1. The fraction of sp³-hybridized carbons (Fsp3) is 0.524. The van der Waals surface area contributed by atoms with Crippen LogP contribution < -0.4 is 10.1 Å². The molecule has 0 amide bonds. The first-order valence-electron chi connectivity index (χ1n) is 9.83. The maximum Gasteiger partial charge on any atom is 0.193 e. The predicted octanol–water partition coefficient (Wildman–Crippen LogP) is 3.07. The molecular formula is C21H32IN5O2. The maximum absolute atomic E-state index is 5.98. The zero-order chi connectivity index (χ0) is 19.9. The lowest BCUT2D eigenvalue weighted by molar-refractivity contribution is -0.00803. The van der Waals surface area contributed by atoms with Crippen molar-refractivity contribution in [3.63, 3.8) is 0 Å². The highest BCUT2D eigenvalue weighted by Crippen LogP contribution is 2.23. The first-order chi connectivity index (χ1) is 13.6. The third-order valence-corrected chi connectivity index (χ3v) is 4.93. The van der Waals surface area contributed by atoms with E-state index in [9.17, 15) is 0 Å². The van der Waals surface area contributed by atoms with Crippen LogP contribution in [0.25, 0.3) is 0 Å². The van der Waals surface area contributed by atoms with Crippen molar-refractivity contribution in [2.45, 2.75) is 26.4 Å². The fourth-order valence-corrected chi connectivity index (χ4v) is 3.46. The third-order valence-electron chi connectivity index (χ3n) is 4.93. The molecule has 2 aromatic rings. The quantitative estimate of drug-likeness (QED) is 0.279. The molecule has 0 saturated carbocycles. The minimum Gasteiger partial charge on any atom is -0.493 e. The Bertz CT molecular complexity index is 788. The zero-order valence-electron chi connectivity index (χ0n) is 17.7. The number of aliphatic imine (C=N–C) groups is 1. The molecule has 3 rings (SSSR count). The van der Waals surface area contributed by atoms with Crippen LogP contribution in [0.5, 0.6) is 5.75 Å². The maximum atomic E-state index is 5.98. The molecule has 0 bridgehead atoms. The first kappa shape index (κ1) is 23.5. The van der Waals surface area contributed by atoms with E-state index in [1.165, 1.54) is 11.1 Å². The van der Waals surface area contributed by atoms with Crippen molar-refractivity contribution in [2.75, 3.05) is 39.9 Å². The van der Waals surface area contributed by atoms with Crippen molar-refractivity contribution in [2.24, 2.45) is 12.0 Å². The number of ether oxygens (including phenoxy) is 2. The summed E-state index contributed by atoms with van der Waals surface area (Å²) in [6.45, 7) is 7.93. The van der Waals surface area contributed by atoms with E-state index in [1.807, 2.05) is 26.5 Å². The fourth-order valence-electron chi connectivity index (χ4n) is 3.46.